The van der Waals surface area contributed by atoms with Crippen LogP contribution in [0.4, 0.5) is 11.4 Å². The van der Waals surface area contributed by atoms with E-state index in [1.54, 1.807) is 14.2 Å². The summed E-state index contributed by atoms with van der Waals surface area (Å²) in [5.74, 6) is 2.27. The Bertz CT molecular complexity index is 959. The van der Waals surface area contributed by atoms with Crippen LogP contribution in [0.5, 0.6) is 11.5 Å². The third-order valence-electron chi connectivity index (χ3n) is 4.61. The van der Waals surface area contributed by atoms with Crippen molar-refractivity contribution in [2.75, 3.05) is 24.9 Å². The molecule has 0 aromatic heterocycles. The highest BCUT2D eigenvalue weighted by atomic mass is 16.5. The van der Waals surface area contributed by atoms with E-state index in [2.05, 4.69) is 20.6 Å². The first-order valence-electron chi connectivity index (χ1n) is 10.1. The minimum atomic E-state index is 0.348. The van der Waals surface area contributed by atoms with Gasteiger partial charge >= 0.3 is 0 Å². The van der Waals surface area contributed by atoms with Crippen LogP contribution >= 0.6 is 0 Å². The smallest absolute Gasteiger partial charge is 0.193 e. The number of methoxy groups -OCH3 is 2. The first-order valence-corrected chi connectivity index (χ1v) is 10.1. The number of hydrogen-bond acceptors (Lipinski definition) is 4. The topological polar surface area (TPSA) is 119 Å². The van der Waals surface area contributed by atoms with E-state index in [-0.39, 0.29) is 0 Å². The van der Waals surface area contributed by atoms with Crippen LogP contribution in [0.3, 0.4) is 0 Å². The first-order chi connectivity index (χ1) is 15.6. The number of nitrogens with one attached hydrogen (secondary N) is 2. The molecular formula is C24H28N6O2. The molecule has 6 N–H and O–H groups in total. The van der Waals surface area contributed by atoms with E-state index < -0.39 is 0 Å². The number of ether oxygens (including phenoxy) is 2. The van der Waals surface area contributed by atoms with Gasteiger partial charge in [-0.05, 0) is 59.7 Å². The Morgan fingerprint density at radius 1 is 0.625 bits per heavy atom. The van der Waals surface area contributed by atoms with Crippen molar-refractivity contribution in [1.29, 1.82) is 0 Å². The number of guanidine groups is 2. The zero-order chi connectivity index (χ0) is 22.8. The van der Waals surface area contributed by atoms with Crippen LogP contribution in [0.2, 0.25) is 0 Å². The van der Waals surface area contributed by atoms with Crippen molar-refractivity contribution in [3.05, 3.63) is 83.9 Å². The van der Waals surface area contributed by atoms with Crippen molar-refractivity contribution in [3.63, 3.8) is 0 Å². The predicted octanol–water partition coefficient (Wildman–Crippen LogP) is 3.56. The van der Waals surface area contributed by atoms with Crippen LogP contribution < -0.4 is 31.6 Å². The van der Waals surface area contributed by atoms with Gasteiger partial charge in [-0.25, -0.2) is 9.98 Å². The lowest BCUT2D eigenvalue weighted by molar-refractivity contribution is 0.415. The molecule has 0 saturated carbocycles. The summed E-state index contributed by atoms with van der Waals surface area (Å²) in [5.41, 5.74) is 15.7. The zero-order valence-corrected chi connectivity index (χ0v) is 18.2. The number of hydrogen-bond donors (Lipinski definition) is 4. The van der Waals surface area contributed by atoms with Gasteiger partial charge in [0, 0.05) is 11.4 Å². The van der Waals surface area contributed by atoms with Gasteiger partial charge in [-0.2, -0.15) is 0 Å². The van der Waals surface area contributed by atoms with Gasteiger partial charge in [-0.3, -0.25) is 0 Å². The number of benzene rings is 3. The second-order valence-electron chi connectivity index (χ2n) is 6.93. The molecular weight excluding hydrogens is 404 g/mol. The number of anilines is 2. The molecule has 0 bridgehead atoms. The third kappa shape index (κ3) is 6.94. The van der Waals surface area contributed by atoms with Crippen molar-refractivity contribution in [3.8, 4) is 11.5 Å². The summed E-state index contributed by atoms with van der Waals surface area (Å²) in [5, 5.41) is 6.12. The molecule has 3 aromatic carbocycles. The highest BCUT2D eigenvalue weighted by Crippen LogP contribution is 2.16. The highest BCUT2D eigenvalue weighted by molar-refractivity contribution is 5.92. The molecule has 8 heteroatoms. The largest absolute Gasteiger partial charge is 0.497 e. The summed E-state index contributed by atoms with van der Waals surface area (Å²) in [7, 11) is 3.26. The Morgan fingerprint density at radius 2 is 0.969 bits per heavy atom. The molecule has 0 saturated heterocycles. The van der Waals surface area contributed by atoms with Crippen LogP contribution in [0.1, 0.15) is 11.1 Å². The molecule has 3 aromatic rings. The van der Waals surface area contributed by atoms with Gasteiger partial charge in [0.05, 0.1) is 27.3 Å². The van der Waals surface area contributed by atoms with Gasteiger partial charge in [0.2, 0.25) is 0 Å². The third-order valence-corrected chi connectivity index (χ3v) is 4.61. The van der Waals surface area contributed by atoms with Gasteiger partial charge in [0.1, 0.15) is 11.5 Å². The van der Waals surface area contributed by atoms with E-state index in [4.69, 9.17) is 20.9 Å². The summed E-state index contributed by atoms with van der Waals surface area (Å²) in [6, 6.07) is 23.0. The molecule has 0 spiro atoms. The molecule has 0 unspecified atom stereocenters. The Hall–Kier alpha value is -4.20. The van der Waals surface area contributed by atoms with Crippen LogP contribution in [-0.2, 0) is 13.1 Å². The van der Waals surface area contributed by atoms with Crippen molar-refractivity contribution in [1.82, 2.24) is 0 Å². The van der Waals surface area contributed by atoms with Crippen molar-refractivity contribution < 1.29 is 9.47 Å². The molecule has 8 nitrogen and oxygen atoms in total. The van der Waals surface area contributed by atoms with Gasteiger partial charge < -0.3 is 31.6 Å². The molecule has 0 fully saturated rings. The molecule has 0 atom stereocenters. The van der Waals surface area contributed by atoms with E-state index in [1.165, 1.54) is 0 Å². The molecule has 0 radical (unpaired) electrons. The van der Waals surface area contributed by atoms with E-state index in [0.29, 0.717) is 25.0 Å². The maximum Gasteiger partial charge on any atom is 0.193 e. The fraction of sp³-hybridized carbons (Fsp3) is 0.167. The normalized spacial score (nSPS) is 11.7. The summed E-state index contributed by atoms with van der Waals surface area (Å²) in [4.78, 5) is 8.76. The predicted molar refractivity (Wildman–Crippen MR) is 130 cm³/mol. The van der Waals surface area contributed by atoms with Crippen LogP contribution in [0.15, 0.2) is 82.8 Å². The van der Waals surface area contributed by atoms with Crippen LogP contribution in [-0.4, -0.2) is 26.1 Å². The second-order valence-corrected chi connectivity index (χ2v) is 6.93. The highest BCUT2D eigenvalue weighted by Gasteiger charge is 1.99. The lowest BCUT2D eigenvalue weighted by Crippen LogP contribution is -2.22. The lowest BCUT2D eigenvalue weighted by Gasteiger charge is -2.07. The van der Waals surface area contributed by atoms with Gasteiger partial charge in [0.15, 0.2) is 11.9 Å². The quantitative estimate of drug-likeness (QED) is 0.319. The number of nitrogens with two attached hydrogens (primary N) is 2. The Kier molecular flexibility index (Phi) is 7.91. The fourth-order valence-corrected chi connectivity index (χ4v) is 2.83. The van der Waals surface area contributed by atoms with Crippen molar-refractivity contribution in [2.24, 2.45) is 21.5 Å². The number of rotatable bonds is 8. The summed E-state index contributed by atoms with van der Waals surface area (Å²) in [6.45, 7) is 0.944. The summed E-state index contributed by atoms with van der Waals surface area (Å²) >= 11 is 0. The summed E-state index contributed by atoms with van der Waals surface area (Å²) < 4.78 is 10.3. The second kappa shape index (κ2) is 11.3. The summed E-state index contributed by atoms with van der Waals surface area (Å²) in [6.07, 6.45) is 0. The fourth-order valence-electron chi connectivity index (χ4n) is 2.83. The molecule has 0 aliphatic rings. The van der Waals surface area contributed by atoms with Gasteiger partial charge in [-0.1, -0.05) is 24.3 Å². The average Bonchev–Trinajstić information content (AvgIpc) is 2.83. The Morgan fingerprint density at radius 3 is 1.28 bits per heavy atom. The van der Waals surface area contributed by atoms with Gasteiger partial charge in [0.25, 0.3) is 0 Å². The van der Waals surface area contributed by atoms with Gasteiger partial charge in [-0.15, -0.1) is 0 Å². The number of aliphatic imine (C=N–C) groups is 2. The number of nitrogens with zero attached hydrogens (tertiary/aromatic N) is 2. The minimum Gasteiger partial charge on any atom is -0.497 e. The SMILES string of the molecule is COc1ccc(NC(N)=NCc2ccc(CN=C(N)Nc3ccc(OC)cc3)cc2)cc1. The molecule has 166 valence electrons. The van der Waals surface area contributed by atoms with E-state index >= 15 is 0 Å². The average molecular weight is 433 g/mol. The zero-order valence-electron chi connectivity index (χ0n) is 18.2. The maximum atomic E-state index is 5.98. The Balaban J connectivity index is 1.49. The molecule has 0 amide bonds. The molecule has 32 heavy (non-hydrogen) atoms. The lowest BCUT2D eigenvalue weighted by atomic mass is 10.1. The molecule has 0 heterocycles. The standard InChI is InChI=1S/C24H28N6O2/c1-31-21-11-7-19(8-12-21)29-23(25)27-15-17-3-5-18(6-4-17)16-28-24(26)30-20-9-13-22(32-2)14-10-20/h3-14H,15-16H2,1-2H3,(H3,25,27,29)(H3,26,28,30). The van der Waals surface area contributed by atoms with Crippen LogP contribution in [0, 0.1) is 0 Å². The minimum absolute atomic E-state index is 0.348. The van der Waals surface area contributed by atoms with E-state index in [1.807, 2.05) is 72.8 Å². The van der Waals surface area contributed by atoms with Crippen molar-refractivity contribution >= 4 is 23.3 Å². The molecule has 0 aliphatic carbocycles. The molecule has 3 rings (SSSR count). The maximum absolute atomic E-state index is 5.98. The Labute approximate surface area is 188 Å². The van der Waals surface area contributed by atoms with E-state index in [9.17, 15) is 0 Å². The monoisotopic (exact) mass is 432 g/mol. The molecule has 0 aliphatic heterocycles. The first kappa shape index (κ1) is 22.5. The van der Waals surface area contributed by atoms with E-state index in [0.717, 1.165) is 34.0 Å². The van der Waals surface area contributed by atoms with Crippen molar-refractivity contribution in [2.45, 2.75) is 13.1 Å². The van der Waals surface area contributed by atoms with Crippen LogP contribution in [0.25, 0.3) is 0 Å².